The zero-order chi connectivity index (χ0) is 19.5. The zero-order valence-corrected chi connectivity index (χ0v) is 16.3. The first-order valence-electron chi connectivity index (χ1n) is 8.85. The number of carbonyl (C=O) groups excluding carboxylic acids is 1. The third-order valence-electron chi connectivity index (χ3n) is 4.80. The molecule has 1 aliphatic rings. The third kappa shape index (κ3) is 4.31. The standard InChI is InChI=1S/C20H24N2O4S/c1-15-3-9-18(10-4-15)27(24,25)22-17-7-5-16(6-8-17)20(11-12-20)19(23)21-13-14-26-2/h3-10,22H,11-14H2,1-2H3,(H,21,23). The first-order valence-corrected chi connectivity index (χ1v) is 10.3. The molecule has 0 radical (unpaired) electrons. The van der Waals surface area contributed by atoms with E-state index in [9.17, 15) is 13.2 Å². The number of hydrogen-bond acceptors (Lipinski definition) is 4. The lowest BCUT2D eigenvalue weighted by atomic mass is 9.95. The van der Waals surface area contributed by atoms with E-state index in [2.05, 4.69) is 10.0 Å². The molecule has 1 amide bonds. The second-order valence-corrected chi connectivity index (χ2v) is 8.51. The lowest BCUT2D eigenvalue weighted by Crippen LogP contribution is -2.36. The molecule has 0 heterocycles. The molecule has 0 spiro atoms. The Labute approximate surface area is 160 Å². The summed E-state index contributed by atoms with van der Waals surface area (Å²) < 4.78 is 32.5. The van der Waals surface area contributed by atoms with Crippen molar-refractivity contribution in [1.82, 2.24) is 5.32 Å². The molecule has 2 N–H and O–H groups in total. The van der Waals surface area contributed by atoms with Gasteiger partial charge < -0.3 is 10.1 Å². The molecule has 0 aromatic heterocycles. The van der Waals surface area contributed by atoms with Crippen molar-refractivity contribution in [2.24, 2.45) is 0 Å². The minimum absolute atomic E-state index is 0.00691. The summed E-state index contributed by atoms with van der Waals surface area (Å²) in [5.74, 6) is -0.00691. The van der Waals surface area contributed by atoms with Crippen LogP contribution in [0.2, 0.25) is 0 Å². The molecular formula is C20H24N2O4S. The quantitative estimate of drug-likeness (QED) is 0.681. The first kappa shape index (κ1) is 19.4. The smallest absolute Gasteiger partial charge is 0.261 e. The predicted molar refractivity (Wildman–Crippen MR) is 104 cm³/mol. The highest BCUT2D eigenvalue weighted by Gasteiger charge is 2.51. The van der Waals surface area contributed by atoms with E-state index in [0.29, 0.717) is 18.8 Å². The van der Waals surface area contributed by atoms with Gasteiger partial charge in [-0.15, -0.1) is 0 Å². The number of hydrogen-bond donors (Lipinski definition) is 2. The van der Waals surface area contributed by atoms with E-state index in [-0.39, 0.29) is 10.8 Å². The van der Waals surface area contributed by atoms with Crippen LogP contribution >= 0.6 is 0 Å². The number of methoxy groups -OCH3 is 1. The average molecular weight is 388 g/mol. The molecular weight excluding hydrogens is 364 g/mol. The Hall–Kier alpha value is -2.38. The highest BCUT2D eigenvalue weighted by atomic mass is 32.2. The van der Waals surface area contributed by atoms with Gasteiger partial charge in [0.1, 0.15) is 0 Å². The van der Waals surface area contributed by atoms with Crippen molar-refractivity contribution in [1.29, 1.82) is 0 Å². The van der Waals surface area contributed by atoms with E-state index < -0.39 is 15.4 Å². The highest BCUT2D eigenvalue weighted by Crippen LogP contribution is 2.48. The normalized spacial score (nSPS) is 15.2. The van der Waals surface area contributed by atoms with Crippen LogP contribution in [0.1, 0.15) is 24.0 Å². The maximum Gasteiger partial charge on any atom is 0.261 e. The van der Waals surface area contributed by atoms with Gasteiger partial charge in [-0.3, -0.25) is 9.52 Å². The van der Waals surface area contributed by atoms with Gasteiger partial charge in [0.05, 0.1) is 16.9 Å². The van der Waals surface area contributed by atoms with Gasteiger partial charge in [-0.1, -0.05) is 29.8 Å². The van der Waals surface area contributed by atoms with E-state index in [0.717, 1.165) is 24.0 Å². The van der Waals surface area contributed by atoms with Crippen LogP contribution in [0.25, 0.3) is 0 Å². The van der Waals surface area contributed by atoms with Crippen molar-refractivity contribution in [2.45, 2.75) is 30.1 Å². The summed E-state index contributed by atoms with van der Waals surface area (Å²) in [5.41, 5.74) is 1.87. The van der Waals surface area contributed by atoms with Gasteiger partial charge in [-0.05, 0) is 49.6 Å². The number of benzene rings is 2. The van der Waals surface area contributed by atoms with Crippen molar-refractivity contribution in [3.8, 4) is 0 Å². The molecule has 1 saturated carbocycles. The summed E-state index contributed by atoms with van der Waals surface area (Å²) in [5, 5.41) is 2.89. The van der Waals surface area contributed by atoms with Crippen molar-refractivity contribution < 1.29 is 17.9 Å². The fourth-order valence-electron chi connectivity index (χ4n) is 3.00. The number of nitrogens with one attached hydrogen (secondary N) is 2. The lowest BCUT2D eigenvalue weighted by Gasteiger charge is -2.16. The van der Waals surface area contributed by atoms with Gasteiger partial charge in [-0.25, -0.2) is 8.42 Å². The largest absolute Gasteiger partial charge is 0.383 e. The number of carbonyl (C=O) groups is 1. The molecule has 2 aromatic carbocycles. The SMILES string of the molecule is COCCNC(=O)C1(c2ccc(NS(=O)(=O)c3ccc(C)cc3)cc2)CC1. The average Bonchev–Trinajstić information content (AvgIpc) is 3.44. The monoisotopic (exact) mass is 388 g/mol. The number of ether oxygens (including phenoxy) is 1. The molecule has 0 atom stereocenters. The first-order chi connectivity index (χ1) is 12.9. The molecule has 0 unspecified atom stereocenters. The molecule has 27 heavy (non-hydrogen) atoms. The molecule has 0 saturated heterocycles. The summed E-state index contributed by atoms with van der Waals surface area (Å²) in [7, 11) is -2.04. The second kappa shape index (κ2) is 7.70. The summed E-state index contributed by atoms with van der Waals surface area (Å²) in [6.07, 6.45) is 1.58. The maximum absolute atomic E-state index is 12.5. The zero-order valence-electron chi connectivity index (χ0n) is 15.5. The van der Waals surface area contributed by atoms with Crippen LogP contribution in [0.5, 0.6) is 0 Å². The van der Waals surface area contributed by atoms with E-state index in [1.165, 1.54) is 0 Å². The summed E-state index contributed by atoms with van der Waals surface area (Å²) in [4.78, 5) is 12.7. The van der Waals surface area contributed by atoms with Crippen LogP contribution in [0.15, 0.2) is 53.4 Å². The number of aryl methyl sites for hydroxylation is 1. The van der Waals surface area contributed by atoms with Crippen molar-refractivity contribution in [3.05, 3.63) is 59.7 Å². The Morgan fingerprint density at radius 1 is 1.07 bits per heavy atom. The van der Waals surface area contributed by atoms with Gasteiger partial charge in [0, 0.05) is 19.3 Å². The second-order valence-electron chi connectivity index (χ2n) is 6.83. The molecule has 2 aromatic rings. The van der Waals surface area contributed by atoms with E-state index in [1.807, 2.05) is 19.1 Å². The minimum atomic E-state index is -3.64. The van der Waals surface area contributed by atoms with Crippen LogP contribution in [0.3, 0.4) is 0 Å². The summed E-state index contributed by atoms with van der Waals surface area (Å²) in [6.45, 7) is 2.86. The Morgan fingerprint density at radius 3 is 2.26 bits per heavy atom. The Morgan fingerprint density at radius 2 is 1.70 bits per heavy atom. The van der Waals surface area contributed by atoms with E-state index >= 15 is 0 Å². The van der Waals surface area contributed by atoms with Gasteiger partial charge in [-0.2, -0.15) is 0 Å². The van der Waals surface area contributed by atoms with Crippen LogP contribution in [-0.4, -0.2) is 34.6 Å². The van der Waals surface area contributed by atoms with E-state index in [1.54, 1.807) is 43.5 Å². The van der Waals surface area contributed by atoms with Crippen LogP contribution in [0, 0.1) is 6.92 Å². The molecule has 0 bridgehead atoms. The maximum atomic E-state index is 12.5. The Kier molecular flexibility index (Phi) is 5.53. The number of rotatable bonds is 8. The molecule has 144 valence electrons. The third-order valence-corrected chi connectivity index (χ3v) is 6.19. The molecule has 1 fully saturated rings. The molecule has 6 nitrogen and oxygen atoms in total. The van der Waals surface area contributed by atoms with Crippen molar-refractivity contribution in [2.75, 3.05) is 25.0 Å². The Balaban J connectivity index is 1.70. The molecule has 7 heteroatoms. The number of anilines is 1. The summed E-state index contributed by atoms with van der Waals surface area (Å²) >= 11 is 0. The van der Waals surface area contributed by atoms with Crippen molar-refractivity contribution >= 4 is 21.6 Å². The fourth-order valence-corrected chi connectivity index (χ4v) is 4.06. The van der Waals surface area contributed by atoms with E-state index in [4.69, 9.17) is 4.74 Å². The number of sulfonamides is 1. The van der Waals surface area contributed by atoms with Gasteiger partial charge in [0.2, 0.25) is 5.91 Å². The van der Waals surface area contributed by atoms with Crippen LogP contribution in [0.4, 0.5) is 5.69 Å². The van der Waals surface area contributed by atoms with Gasteiger partial charge in [0.15, 0.2) is 0 Å². The van der Waals surface area contributed by atoms with Crippen molar-refractivity contribution in [3.63, 3.8) is 0 Å². The van der Waals surface area contributed by atoms with Gasteiger partial charge in [0.25, 0.3) is 10.0 Å². The number of amides is 1. The van der Waals surface area contributed by atoms with Crippen LogP contribution in [-0.2, 0) is 25.0 Å². The minimum Gasteiger partial charge on any atom is -0.383 e. The van der Waals surface area contributed by atoms with Crippen LogP contribution < -0.4 is 10.0 Å². The topological polar surface area (TPSA) is 84.5 Å². The highest BCUT2D eigenvalue weighted by molar-refractivity contribution is 7.92. The molecule has 0 aliphatic heterocycles. The van der Waals surface area contributed by atoms with Gasteiger partial charge >= 0.3 is 0 Å². The fraction of sp³-hybridized carbons (Fsp3) is 0.350. The lowest BCUT2D eigenvalue weighted by molar-refractivity contribution is -0.123. The Bertz CT molecular complexity index is 902. The molecule has 3 rings (SSSR count). The predicted octanol–water partition coefficient (Wildman–Crippen LogP) is 2.59. The molecule has 1 aliphatic carbocycles. The summed E-state index contributed by atoms with van der Waals surface area (Å²) in [6, 6.07) is 13.7.